The predicted molar refractivity (Wildman–Crippen MR) is 129 cm³/mol. The second-order valence-corrected chi connectivity index (χ2v) is 15.7. The summed E-state index contributed by atoms with van der Waals surface area (Å²) in [6.45, 7) is 18.4. The molecule has 28 heavy (non-hydrogen) atoms. The predicted octanol–water partition coefficient (Wildman–Crippen LogP) is 8.48. The van der Waals surface area contributed by atoms with Gasteiger partial charge in [0.1, 0.15) is 0 Å². The average molecular weight is 415 g/mol. The molecule has 2 nitrogen and oxygen atoms in total. The fourth-order valence-corrected chi connectivity index (χ4v) is 4.84. The molecule has 0 fully saturated rings. The van der Waals surface area contributed by atoms with Gasteiger partial charge in [0.05, 0.1) is 12.2 Å². The van der Waals surface area contributed by atoms with Crippen LogP contribution in [0.4, 0.5) is 0 Å². The van der Waals surface area contributed by atoms with E-state index in [2.05, 4.69) is 54.6 Å². The highest BCUT2D eigenvalue weighted by atomic mass is 28.4. The molecule has 2 atom stereocenters. The fraction of sp³-hybridized carbons (Fsp3) is 1.00. The van der Waals surface area contributed by atoms with Crippen LogP contribution in [-0.2, 0) is 4.43 Å². The van der Waals surface area contributed by atoms with Gasteiger partial charge in [-0.15, -0.1) is 0 Å². The molecule has 0 amide bonds. The second-order valence-electron chi connectivity index (χ2n) is 10.9. The zero-order valence-corrected chi connectivity index (χ0v) is 21.8. The molecule has 1 N–H and O–H groups in total. The van der Waals surface area contributed by atoms with Crippen molar-refractivity contribution in [2.75, 3.05) is 0 Å². The molecule has 170 valence electrons. The number of hydrogen-bond acceptors (Lipinski definition) is 2. The van der Waals surface area contributed by atoms with Crippen LogP contribution in [0.15, 0.2) is 0 Å². The summed E-state index contributed by atoms with van der Waals surface area (Å²) in [4.78, 5) is 0. The van der Waals surface area contributed by atoms with Crippen LogP contribution in [0.5, 0.6) is 0 Å². The minimum Gasteiger partial charge on any atom is -0.411 e. The van der Waals surface area contributed by atoms with Crippen LogP contribution in [0, 0.1) is 5.92 Å². The first-order valence-corrected chi connectivity index (χ1v) is 15.3. The Kier molecular flexibility index (Phi) is 15.1. The number of hydrogen-bond donors (Lipinski definition) is 1. The Morgan fingerprint density at radius 3 is 1.71 bits per heavy atom. The van der Waals surface area contributed by atoms with Crippen molar-refractivity contribution in [3.63, 3.8) is 0 Å². The maximum Gasteiger partial charge on any atom is 0.192 e. The van der Waals surface area contributed by atoms with Gasteiger partial charge in [-0.3, -0.25) is 0 Å². The van der Waals surface area contributed by atoms with Gasteiger partial charge in [0.25, 0.3) is 0 Å². The Balaban J connectivity index is 4.43. The van der Waals surface area contributed by atoms with E-state index in [0.717, 1.165) is 25.2 Å². The summed E-state index contributed by atoms with van der Waals surface area (Å²) in [5.74, 6) is 0.766. The SMILES string of the molecule is CCCCCCCCCC[C@@H](O)[C@@H](CCCCC(C)C)O[Si](C)(C)C(C)(C)C. The van der Waals surface area contributed by atoms with Gasteiger partial charge < -0.3 is 9.53 Å². The lowest BCUT2D eigenvalue weighted by Gasteiger charge is -2.40. The maximum atomic E-state index is 10.9. The Hall–Kier alpha value is 0.137. The number of unbranched alkanes of at least 4 members (excludes halogenated alkanes) is 8. The zero-order valence-electron chi connectivity index (χ0n) is 20.8. The second kappa shape index (κ2) is 15.0. The lowest BCUT2D eigenvalue weighted by molar-refractivity contribution is 0.0147. The van der Waals surface area contributed by atoms with Gasteiger partial charge >= 0.3 is 0 Å². The lowest BCUT2D eigenvalue weighted by Crippen LogP contribution is -2.47. The fourth-order valence-electron chi connectivity index (χ4n) is 3.46. The molecule has 0 aliphatic carbocycles. The molecule has 0 aromatic rings. The highest BCUT2D eigenvalue weighted by Gasteiger charge is 2.40. The van der Waals surface area contributed by atoms with Gasteiger partial charge in [0.2, 0.25) is 0 Å². The first kappa shape index (κ1) is 28.1. The van der Waals surface area contributed by atoms with Gasteiger partial charge in [-0.1, -0.05) is 112 Å². The summed E-state index contributed by atoms with van der Waals surface area (Å²) in [6.07, 6.45) is 15.9. The first-order chi connectivity index (χ1) is 13.0. The van der Waals surface area contributed by atoms with E-state index in [0.29, 0.717) is 0 Å². The first-order valence-electron chi connectivity index (χ1n) is 12.4. The summed E-state index contributed by atoms with van der Waals surface area (Å²) in [6, 6.07) is 0. The largest absolute Gasteiger partial charge is 0.411 e. The van der Waals surface area contributed by atoms with Crippen molar-refractivity contribution in [1.82, 2.24) is 0 Å². The lowest BCUT2D eigenvalue weighted by atomic mass is 9.98. The van der Waals surface area contributed by atoms with Gasteiger partial charge in [-0.25, -0.2) is 0 Å². The van der Waals surface area contributed by atoms with Crippen molar-refractivity contribution in [2.24, 2.45) is 5.92 Å². The van der Waals surface area contributed by atoms with Crippen LogP contribution in [0.3, 0.4) is 0 Å². The molecule has 0 saturated heterocycles. The summed E-state index contributed by atoms with van der Waals surface area (Å²) < 4.78 is 6.68. The monoisotopic (exact) mass is 414 g/mol. The third kappa shape index (κ3) is 13.4. The van der Waals surface area contributed by atoms with Crippen LogP contribution in [0.25, 0.3) is 0 Å². The summed E-state index contributed by atoms with van der Waals surface area (Å²) >= 11 is 0. The van der Waals surface area contributed by atoms with Gasteiger partial charge in [-0.2, -0.15) is 0 Å². The van der Waals surface area contributed by atoms with E-state index in [4.69, 9.17) is 4.43 Å². The molecule has 0 unspecified atom stereocenters. The van der Waals surface area contributed by atoms with Crippen LogP contribution in [-0.4, -0.2) is 25.6 Å². The maximum absolute atomic E-state index is 10.9. The smallest absolute Gasteiger partial charge is 0.192 e. The average Bonchev–Trinajstić information content (AvgIpc) is 2.58. The highest BCUT2D eigenvalue weighted by Crippen LogP contribution is 2.38. The van der Waals surface area contributed by atoms with E-state index >= 15 is 0 Å². The van der Waals surface area contributed by atoms with Crippen LogP contribution in [0.1, 0.15) is 125 Å². The summed E-state index contributed by atoms with van der Waals surface area (Å²) in [5.41, 5.74) is 0. The number of aliphatic hydroxyl groups excluding tert-OH is 1. The van der Waals surface area contributed by atoms with E-state index in [1.807, 2.05) is 0 Å². The van der Waals surface area contributed by atoms with E-state index in [-0.39, 0.29) is 17.2 Å². The van der Waals surface area contributed by atoms with Gasteiger partial charge in [0, 0.05) is 0 Å². The third-order valence-corrected chi connectivity index (χ3v) is 11.1. The van der Waals surface area contributed by atoms with Gasteiger partial charge in [-0.05, 0) is 36.9 Å². The van der Waals surface area contributed by atoms with Gasteiger partial charge in [0.15, 0.2) is 8.32 Å². The highest BCUT2D eigenvalue weighted by molar-refractivity contribution is 6.74. The Bertz CT molecular complexity index is 360. The summed E-state index contributed by atoms with van der Waals surface area (Å²) in [5, 5.41) is 11.1. The normalized spacial score (nSPS) is 15.2. The minimum atomic E-state index is -1.85. The standard InChI is InChI=1S/C25H54O2Si/c1-9-10-11-12-13-14-15-16-20-23(26)24(21-18-17-19-22(2)3)27-28(7,8)25(4,5)6/h22-24,26H,9-21H2,1-8H3/t23-,24-/m1/s1. The van der Waals surface area contributed by atoms with E-state index in [1.54, 1.807) is 0 Å². The van der Waals surface area contributed by atoms with Crippen molar-refractivity contribution in [1.29, 1.82) is 0 Å². The molecular formula is C25H54O2Si. The van der Waals surface area contributed by atoms with E-state index in [9.17, 15) is 5.11 Å². The molecule has 0 radical (unpaired) electrons. The molecule has 0 aliphatic heterocycles. The van der Waals surface area contributed by atoms with Crippen LogP contribution >= 0.6 is 0 Å². The molecule has 0 saturated carbocycles. The minimum absolute atomic E-state index is 0.0256. The molecule has 0 aromatic heterocycles. The number of rotatable bonds is 17. The molecule has 0 aromatic carbocycles. The van der Waals surface area contributed by atoms with Crippen LogP contribution < -0.4 is 0 Å². The van der Waals surface area contributed by atoms with Crippen molar-refractivity contribution in [3.8, 4) is 0 Å². The zero-order chi connectivity index (χ0) is 21.6. The molecule has 0 rings (SSSR count). The molecule has 0 heterocycles. The van der Waals surface area contributed by atoms with Crippen molar-refractivity contribution in [3.05, 3.63) is 0 Å². The van der Waals surface area contributed by atoms with Crippen LogP contribution in [0.2, 0.25) is 18.1 Å². The quantitative estimate of drug-likeness (QED) is 0.191. The molecule has 0 spiro atoms. The molecular weight excluding hydrogens is 360 g/mol. The third-order valence-electron chi connectivity index (χ3n) is 6.55. The summed E-state index contributed by atoms with van der Waals surface area (Å²) in [7, 11) is -1.85. The Morgan fingerprint density at radius 1 is 0.750 bits per heavy atom. The molecule has 3 heteroatoms. The van der Waals surface area contributed by atoms with E-state index < -0.39 is 8.32 Å². The molecule has 0 aliphatic rings. The Morgan fingerprint density at radius 2 is 1.21 bits per heavy atom. The number of aliphatic hydroxyl groups is 1. The van der Waals surface area contributed by atoms with E-state index in [1.165, 1.54) is 64.2 Å². The Labute approximate surface area is 179 Å². The van der Waals surface area contributed by atoms with Crippen molar-refractivity contribution < 1.29 is 9.53 Å². The van der Waals surface area contributed by atoms with Crippen molar-refractivity contribution >= 4 is 8.32 Å². The topological polar surface area (TPSA) is 29.5 Å². The molecule has 0 bridgehead atoms. The van der Waals surface area contributed by atoms with Crippen molar-refractivity contribution in [2.45, 2.75) is 155 Å².